The summed E-state index contributed by atoms with van der Waals surface area (Å²) in [6, 6.07) is 0. The quantitative estimate of drug-likeness (QED) is 0.477. The lowest BCUT2D eigenvalue weighted by molar-refractivity contribution is 1.50. The summed E-state index contributed by atoms with van der Waals surface area (Å²) < 4.78 is 0. The lowest BCUT2D eigenvalue weighted by Crippen LogP contribution is -1.70. The van der Waals surface area contributed by atoms with Gasteiger partial charge in [0.05, 0.1) is 0 Å². The van der Waals surface area contributed by atoms with Crippen LogP contribution in [0, 0.1) is 0 Å². The number of hydrogen-bond acceptors (Lipinski definition) is 2. The summed E-state index contributed by atoms with van der Waals surface area (Å²) in [6.45, 7) is 9.49. The maximum Gasteiger partial charge on any atom is -0.0109 e. The summed E-state index contributed by atoms with van der Waals surface area (Å²) >= 11 is 1.20. The molecule has 0 atom stereocenters. The Morgan fingerprint density at radius 2 is 2.00 bits per heavy atom. The fourth-order valence-electron chi connectivity index (χ4n) is 0.155. The molecular weight excluding hydrogens is 130 g/mol. The molecule has 0 aromatic carbocycles. The Balaban J connectivity index is 0. The molecule has 0 spiro atoms. The summed E-state index contributed by atoms with van der Waals surface area (Å²) in [4.78, 5) is 0. The fraction of sp³-hybridized carbons (Fsp3) is 0.429. The highest BCUT2D eigenvalue weighted by molar-refractivity contribution is 8.00. The van der Waals surface area contributed by atoms with Gasteiger partial charge in [-0.1, -0.05) is 38.5 Å². The van der Waals surface area contributed by atoms with Crippen molar-refractivity contribution in [3.8, 4) is 0 Å². The maximum atomic E-state index is 5.10. The van der Waals surface area contributed by atoms with Gasteiger partial charge in [0.2, 0.25) is 0 Å². The van der Waals surface area contributed by atoms with Crippen LogP contribution in [0.2, 0.25) is 0 Å². The highest BCUT2D eigenvalue weighted by Gasteiger charge is 1.72. The third kappa shape index (κ3) is 11.4. The van der Waals surface area contributed by atoms with E-state index < -0.39 is 0 Å². The molecule has 0 fully saturated rings. The van der Waals surface area contributed by atoms with Crippen molar-refractivity contribution in [3.05, 3.63) is 23.6 Å². The van der Waals surface area contributed by atoms with Gasteiger partial charge in [-0.05, 0) is 17.9 Å². The van der Waals surface area contributed by atoms with Gasteiger partial charge >= 0.3 is 0 Å². The molecule has 0 heterocycles. The molecule has 0 aliphatic carbocycles. The molecule has 2 heteroatoms. The van der Waals surface area contributed by atoms with Crippen LogP contribution in [0.5, 0.6) is 0 Å². The highest BCUT2D eigenvalue weighted by atomic mass is 32.2. The Morgan fingerprint density at radius 3 is 2.11 bits per heavy atom. The summed E-state index contributed by atoms with van der Waals surface area (Å²) in [7, 11) is 0. The molecule has 0 aliphatic heterocycles. The van der Waals surface area contributed by atoms with Crippen LogP contribution in [0.3, 0.4) is 0 Å². The van der Waals surface area contributed by atoms with Gasteiger partial charge in [-0.25, -0.2) is 0 Å². The number of rotatable bonds is 2. The Labute approximate surface area is 62.2 Å². The lowest BCUT2D eigenvalue weighted by atomic mass is 10.4. The van der Waals surface area contributed by atoms with Crippen LogP contribution >= 0.6 is 11.9 Å². The minimum absolute atomic E-state index is 1.10. The second-order valence-electron chi connectivity index (χ2n) is 1.20. The zero-order chi connectivity index (χ0) is 7.70. The first-order valence-corrected chi connectivity index (χ1v) is 3.90. The minimum Gasteiger partial charge on any atom is -0.274 e. The molecule has 0 saturated carbocycles. The Hall–Kier alpha value is -0.210. The predicted octanol–water partition coefficient (Wildman–Crippen LogP) is 2.71. The first-order valence-electron chi connectivity index (χ1n) is 2.96. The molecule has 0 aromatic heterocycles. The molecule has 9 heavy (non-hydrogen) atoms. The van der Waals surface area contributed by atoms with Crippen LogP contribution in [0.25, 0.3) is 0 Å². The smallest absolute Gasteiger partial charge is 0.0109 e. The molecule has 2 N–H and O–H groups in total. The largest absolute Gasteiger partial charge is 0.274 e. The van der Waals surface area contributed by atoms with Crippen LogP contribution in [-0.2, 0) is 0 Å². The lowest BCUT2D eigenvalue weighted by Gasteiger charge is -1.82. The Morgan fingerprint density at radius 1 is 1.56 bits per heavy atom. The third-order valence-corrected chi connectivity index (χ3v) is 1.08. The molecular formula is C7H15NS. The zero-order valence-electron chi connectivity index (χ0n) is 6.35. The molecule has 0 aromatic rings. The topological polar surface area (TPSA) is 26.0 Å². The standard InChI is InChI=1S/C5H9NS.C2H6/c1-3-5(2)4-7-6;1-2/h3-4H,1,6H2,2H3;1-2H3/b5-4-;. The number of hydrogen-bond donors (Lipinski definition) is 1. The first kappa shape index (κ1) is 11.6. The number of nitrogens with two attached hydrogens (primary N) is 1. The zero-order valence-corrected chi connectivity index (χ0v) is 7.16. The van der Waals surface area contributed by atoms with Gasteiger partial charge in [-0.15, -0.1) is 0 Å². The van der Waals surface area contributed by atoms with E-state index in [0.717, 1.165) is 5.57 Å². The summed E-state index contributed by atoms with van der Waals surface area (Å²) in [5.74, 6) is 0. The van der Waals surface area contributed by atoms with Gasteiger partial charge in [0, 0.05) is 0 Å². The second-order valence-corrected chi connectivity index (χ2v) is 1.71. The van der Waals surface area contributed by atoms with Crippen molar-refractivity contribution in [2.24, 2.45) is 5.14 Å². The first-order chi connectivity index (χ1) is 4.31. The van der Waals surface area contributed by atoms with Gasteiger partial charge in [-0.3, -0.25) is 5.14 Å². The van der Waals surface area contributed by atoms with Gasteiger partial charge in [0.15, 0.2) is 0 Å². The SMILES string of the molecule is C=C/C(C)=C\SN.CC. The van der Waals surface area contributed by atoms with E-state index in [1.54, 1.807) is 6.08 Å². The van der Waals surface area contributed by atoms with Crippen molar-refractivity contribution in [2.45, 2.75) is 20.8 Å². The Kier molecular flexibility index (Phi) is 13.8. The molecule has 0 rings (SSSR count). The monoisotopic (exact) mass is 145 g/mol. The molecule has 54 valence electrons. The van der Waals surface area contributed by atoms with Crippen molar-refractivity contribution >= 4 is 11.9 Å². The van der Waals surface area contributed by atoms with Crippen LogP contribution in [-0.4, -0.2) is 0 Å². The highest BCUT2D eigenvalue weighted by Crippen LogP contribution is 1.97. The van der Waals surface area contributed by atoms with E-state index in [-0.39, 0.29) is 0 Å². The molecule has 0 amide bonds. The van der Waals surface area contributed by atoms with Crippen molar-refractivity contribution < 1.29 is 0 Å². The third-order valence-electron chi connectivity index (χ3n) is 0.576. The van der Waals surface area contributed by atoms with Gasteiger partial charge in [-0.2, -0.15) is 0 Å². The van der Waals surface area contributed by atoms with Crippen LogP contribution in [0.4, 0.5) is 0 Å². The Bertz CT molecular complexity index is 86.9. The normalized spacial score (nSPS) is 9.56. The van der Waals surface area contributed by atoms with Gasteiger partial charge in [0.25, 0.3) is 0 Å². The van der Waals surface area contributed by atoms with E-state index in [4.69, 9.17) is 5.14 Å². The van der Waals surface area contributed by atoms with E-state index in [2.05, 4.69) is 6.58 Å². The molecule has 1 nitrogen and oxygen atoms in total. The van der Waals surface area contributed by atoms with Crippen LogP contribution < -0.4 is 5.14 Å². The van der Waals surface area contributed by atoms with E-state index in [1.807, 2.05) is 26.2 Å². The molecule has 0 unspecified atom stereocenters. The van der Waals surface area contributed by atoms with Crippen LogP contribution in [0.1, 0.15) is 20.8 Å². The van der Waals surface area contributed by atoms with Crippen molar-refractivity contribution in [1.82, 2.24) is 0 Å². The molecule has 0 radical (unpaired) electrons. The van der Waals surface area contributed by atoms with Crippen molar-refractivity contribution in [3.63, 3.8) is 0 Å². The van der Waals surface area contributed by atoms with E-state index >= 15 is 0 Å². The van der Waals surface area contributed by atoms with Gasteiger partial charge in [0.1, 0.15) is 0 Å². The van der Waals surface area contributed by atoms with Crippen molar-refractivity contribution in [1.29, 1.82) is 0 Å². The summed E-state index contributed by atoms with van der Waals surface area (Å²) in [5, 5.41) is 6.94. The van der Waals surface area contributed by atoms with Crippen LogP contribution in [0.15, 0.2) is 23.6 Å². The summed E-state index contributed by atoms with van der Waals surface area (Å²) in [6.07, 6.45) is 1.76. The minimum atomic E-state index is 1.10. The maximum absolute atomic E-state index is 5.10. The number of allylic oxidation sites excluding steroid dienone is 2. The van der Waals surface area contributed by atoms with Gasteiger partial charge < -0.3 is 0 Å². The second kappa shape index (κ2) is 10.7. The van der Waals surface area contributed by atoms with E-state index in [0.29, 0.717) is 0 Å². The predicted molar refractivity (Wildman–Crippen MR) is 47.1 cm³/mol. The van der Waals surface area contributed by atoms with E-state index in [1.165, 1.54) is 11.9 Å². The average molecular weight is 145 g/mol. The molecule has 0 aliphatic rings. The fourth-order valence-corrected chi connectivity index (χ4v) is 0.466. The van der Waals surface area contributed by atoms with Crippen molar-refractivity contribution in [2.75, 3.05) is 0 Å². The average Bonchev–Trinajstić information content (AvgIpc) is 1.93. The van der Waals surface area contributed by atoms with E-state index in [9.17, 15) is 0 Å². The summed E-state index contributed by atoms with van der Waals surface area (Å²) in [5.41, 5.74) is 1.10. The molecule has 0 saturated heterocycles. The molecule has 0 bridgehead atoms.